The molecule has 4 heteroatoms. The largest absolute Gasteiger partial charge is 0.467 e. The second-order valence-corrected chi connectivity index (χ2v) is 4.06. The van der Waals surface area contributed by atoms with E-state index in [2.05, 4.69) is 5.43 Å². The highest BCUT2D eigenvalue weighted by Crippen LogP contribution is 2.25. The molecule has 0 amide bonds. The molecule has 3 nitrogen and oxygen atoms in total. The van der Waals surface area contributed by atoms with Crippen molar-refractivity contribution in [3.63, 3.8) is 0 Å². The number of hydrogen-bond donors (Lipinski definition) is 2. The molecule has 0 saturated carbocycles. The first kappa shape index (κ1) is 11.2. The van der Waals surface area contributed by atoms with Crippen molar-refractivity contribution in [2.24, 2.45) is 5.84 Å². The summed E-state index contributed by atoms with van der Waals surface area (Å²) in [7, 11) is 0. The van der Waals surface area contributed by atoms with E-state index in [-0.39, 0.29) is 6.04 Å². The zero-order valence-corrected chi connectivity index (χ0v) is 9.66. The fourth-order valence-corrected chi connectivity index (χ4v) is 1.78. The lowest BCUT2D eigenvalue weighted by atomic mass is 10.0. The van der Waals surface area contributed by atoms with Crippen molar-refractivity contribution in [1.29, 1.82) is 0 Å². The van der Waals surface area contributed by atoms with E-state index in [9.17, 15) is 0 Å². The number of halogens is 1. The van der Waals surface area contributed by atoms with Gasteiger partial charge in [-0.3, -0.25) is 5.84 Å². The Labute approximate surface area is 99.2 Å². The van der Waals surface area contributed by atoms with Crippen molar-refractivity contribution in [1.82, 2.24) is 5.43 Å². The van der Waals surface area contributed by atoms with Gasteiger partial charge in [-0.1, -0.05) is 23.7 Å². The Morgan fingerprint density at radius 1 is 1.25 bits per heavy atom. The molecule has 2 rings (SSSR count). The summed E-state index contributed by atoms with van der Waals surface area (Å²) >= 11 is 5.84. The number of benzene rings is 1. The van der Waals surface area contributed by atoms with Crippen molar-refractivity contribution in [3.05, 3.63) is 58.5 Å². The topological polar surface area (TPSA) is 51.2 Å². The van der Waals surface area contributed by atoms with E-state index in [1.54, 1.807) is 6.26 Å². The normalized spacial score (nSPS) is 12.7. The summed E-state index contributed by atoms with van der Waals surface area (Å²) in [6, 6.07) is 9.28. The number of nitrogens with one attached hydrogen (secondary N) is 1. The Kier molecular flexibility index (Phi) is 3.29. The van der Waals surface area contributed by atoms with Crippen LogP contribution in [0.1, 0.15) is 22.9 Å². The maximum Gasteiger partial charge on any atom is 0.129 e. The van der Waals surface area contributed by atoms with Crippen molar-refractivity contribution < 1.29 is 4.42 Å². The summed E-state index contributed by atoms with van der Waals surface area (Å²) in [6.45, 7) is 1.99. The number of hydrazine groups is 1. The minimum atomic E-state index is -0.146. The second kappa shape index (κ2) is 4.70. The lowest BCUT2D eigenvalue weighted by molar-refractivity contribution is 0.449. The first-order valence-electron chi connectivity index (χ1n) is 4.98. The standard InChI is InChI=1S/C12H13ClN2O/c1-8-6-7-16-12(8)11(15-14)9-2-4-10(13)5-3-9/h2-7,11,15H,14H2,1H3. The van der Waals surface area contributed by atoms with E-state index >= 15 is 0 Å². The number of aryl methyl sites for hydroxylation is 1. The van der Waals surface area contributed by atoms with Crippen LogP contribution in [0.25, 0.3) is 0 Å². The molecule has 0 aliphatic heterocycles. The van der Waals surface area contributed by atoms with E-state index < -0.39 is 0 Å². The SMILES string of the molecule is Cc1ccoc1C(NN)c1ccc(Cl)cc1. The predicted molar refractivity (Wildman–Crippen MR) is 64.1 cm³/mol. The van der Waals surface area contributed by atoms with Gasteiger partial charge in [0.05, 0.1) is 6.26 Å². The van der Waals surface area contributed by atoms with E-state index in [0.29, 0.717) is 5.02 Å². The van der Waals surface area contributed by atoms with E-state index in [1.165, 1.54) is 0 Å². The third-order valence-electron chi connectivity index (χ3n) is 2.53. The Balaban J connectivity index is 2.37. The summed E-state index contributed by atoms with van der Waals surface area (Å²) in [5.74, 6) is 6.38. The van der Waals surface area contributed by atoms with Gasteiger partial charge in [0.2, 0.25) is 0 Å². The van der Waals surface area contributed by atoms with Crippen LogP contribution in [0.2, 0.25) is 5.02 Å². The molecule has 16 heavy (non-hydrogen) atoms. The lowest BCUT2D eigenvalue weighted by Gasteiger charge is -2.14. The van der Waals surface area contributed by atoms with E-state index in [0.717, 1.165) is 16.9 Å². The Morgan fingerprint density at radius 3 is 2.44 bits per heavy atom. The Morgan fingerprint density at radius 2 is 1.94 bits per heavy atom. The highest BCUT2D eigenvalue weighted by molar-refractivity contribution is 6.30. The maximum absolute atomic E-state index is 5.84. The number of furan rings is 1. The summed E-state index contributed by atoms with van der Waals surface area (Å²) in [5, 5.41) is 0.704. The average Bonchev–Trinajstić information content (AvgIpc) is 2.69. The molecule has 1 aromatic heterocycles. The third kappa shape index (κ3) is 2.11. The van der Waals surface area contributed by atoms with Crippen LogP contribution < -0.4 is 11.3 Å². The molecule has 3 N–H and O–H groups in total. The molecule has 1 aromatic carbocycles. The van der Waals surface area contributed by atoms with Gasteiger partial charge in [0.15, 0.2) is 0 Å². The Hall–Kier alpha value is -1.29. The maximum atomic E-state index is 5.84. The molecule has 84 valence electrons. The van der Waals surface area contributed by atoms with E-state index in [4.69, 9.17) is 21.9 Å². The quantitative estimate of drug-likeness (QED) is 0.637. The molecule has 1 heterocycles. The Bertz CT molecular complexity index is 464. The van der Waals surface area contributed by atoms with Gasteiger partial charge in [0, 0.05) is 5.02 Å². The van der Waals surface area contributed by atoms with Gasteiger partial charge >= 0.3 is 0 Å². The zero-order valence-electron chi connectivity index (χ0n) is 8.91. The van der Waals surface area contributed by atoms with Crippen LogP contribution in [-0.4, -0.2) is 0 Å². The molecule has 0 saturated heterocycles. The van der Waals surface area contributed by atoms with Gasteiger partial charge in [0.1, 0.15) is 11.8 Å². The van der Waals surface area contributed by atoms with Gasteiger partial charge in [0.25, 0.3) is 0 Å². The molecule has 1 atom stereocenters. The highest BCUT2D eigenvalue weighted by Gasteiger charge is 2.17. The van der Waals surface area contributed by atoms with Crippen LogP contribution in [0.5, 0.6) is 0 Å². The molecule has 2 aromatic rings. The lowest BCUT2D eigenvalue weighted by Crippen LogP contribution is -2.28. The molecule has 0 fully saturated rings. The molecule has 0 radical (unpaired) electrons. The van der Waals surface area contributed by atoms with Crippen LogP contribution in [-0.2, 0) is 0 Å². The minimum absolute atomic E-state index is 0.146. The van der Waals surface area contributed by atoms with Crippen molar-refractivity contribution in [2.45, 2.75) is 13.0 Å². The average molecular weight is 237 g/mol. The fourth-order valence-electron chi connectivity index (χ4n) is 1.66. The minimum Gasteiger partial charge on any atom is -0.467 e. The first-order valence-corrected chi connectivity index (χ1v) is 5.35. The third-order valence-corrected chi connectivity index (χ3v) is 2.79. The summed E-state index contributed by atoms with van der Waals surface area (Å²) < 4.78 is 5.43. The molecule has 0 aliphatic rings. The molecule has 0 bridgehead atoms. The molecule has 1 unspecified atom stereocenters. The van der Waals surface area contributed by atoms with Gasteiger partial charge < -0.3 is 4.42 Å². The summed E-state index contributed by atoms with van der Waals surface area (Å²) in [6.07, 6.45) is 1.66. The second-order valence-electron chi connectivity index (χ2n) is 3.62. The first-order chi connectivity index (χ1) is 7.72. The van der Waals surface area contributed by atoms with Crippen molar-refractivity contribution in [2.75, 3.05) is 0 Å². The van der Waals surface area contributed by atoms with Gasteiger partial charge in [-0.15, -0.1) is 0 Å². The van der Waals surface area contributed by atoms with Crippen LogP contribution in [0.4, 0.5) is 0 Å². The number of hydrogen-bond acceptors (Lipinski definition) is 3. The molecular formula is C12H13ClN2O. The van der Waals surface area contributed by atoms with Crippen LogP contribution >= 0.6 is 11.6 Å². The monoisotopic (exact) mass is 236 g/mol. The summed E-state index contributed by atoms with van der Waals surface area (Å²) in [5.41, 5.74) is 4.83. The van der Waals surface area contributed by atoms with Crippen LogP contribution in [0.3, 0.4) is 0 Å². The van der Waals surface area contributed by atoms with Crippen molar-refractivity contribution >= 4 is 11.6 Å². The predicted octanol–water partition coefficient (Wildman–Crippen LogP) is 2.79. The summed E-state index contributed by atoms with van der Waals surface area (Å²) in [4.78, 5) is 0. The van der Waals surface area contributed by atoms with Crippen molar-refractivity contribution in [3.8, 4) is 0 Å². The van der Waals surface area contributed by atoms with Gasteiger partial charge in [-0.25, -0.2) is 5.43 Å². The smallest absolute Gasteiger partial charge is 0.129 e. The van der Waals surface area contributed by atoms with E-state index in [1.807, 2.05) is 37.3 Å². The van der Waals surface area contributed by atoms with Crippen LogP contribution in [0, 0.1) is 6.92 Å². The molecular weight excluding hydrogens is 224 g/mol. The highest BCUT2D eigenvalue weighted by atomic mass is 35.5. The van der Waals surface area contributed by atoms with Crippen LogP contribution in [0.15, 0.2) is 41.0 Å². The molecule has 0 aliphatic carbocycles. The zero-order chi connectivity index (χ0) is 11.5. The molecule has 0 spiro atoms. The number of nitrogens with two attached hydrogens (primary N) is 1. The van der Waals surface area contributed by atoms with Gasteiger partial charge in [-0.05, 0) is 36.2 Å². The van der Waals surface area contributed by atoms with Gasteiger partial charge in [-0.2, -0.15) is 0 Å². The number of rotatable bonds is 3. The fraction of sp³-hybridized carbons (Fsp3) is 0.167.